The highest BCUT2D eigenvalue weighted by Gasteiger charge is 1.99. The van der Waals surface area contributed by atoms with Gasteiger partial charge in [-0.1, -0.05) is 12.1 Å². The van der Waals surface area contributed by atoms with Gasteiger partial charge in [-0.2, -0.15) is 5.10 Å². The Kier molecular flexibility index (Phi) is 8.34. The molecule has 0 unspecified atom stereocenters. The first-order chi connectivity index (χ1) is 10.2. The summed E-state index contributed by atoms with van der Waals surface area (Å²) in [5, 5.41) is 16.4. The van der Waals surface area contributed by atoms with Crippen molar-refractivity contribution in [3.05, 3.63) is 29.8 Å². The molecule has 0 aliphatic heterocycles. The van der Waals surface area contributed by atoms with Crippen LogP contribution in [0.4, 0.5) is 5.69 Å². The Morgan fingerprint density at radius 2 is 2.14 bits per heavy atom. The molecular formula is C14H22N4O2S. The van der Waals surface area contributed by atoms with Crippen molar-refractivity contribution in [2.24, 2.45) is 5.10 Å². The maximum absolute atomic E-state index is 8.90. The fraction of sp³-hybridized carbons (Fsp3) is 0.429. The zero-order chi connectivity index (χ0) is 15.5. The molecule has 0 fully saturated rings. The Morgan fingerprint density at radius 3 is 2.76 bits per heavy atom. The van der Waals surface area contributed by atoms with Gasteiger partial charge in [0.05, 0.1) is 19.4 Å². The number of nitrogens with zero attached hydrogens (tertiary/aromatic N) is 2. The molecule has 6 nitrogen and oxygen atoms in total. The number of thiocarbonyl (C=S) groups is 1. The van der Waals surface area contributed by atoms with Gasteiger partial charge >= 0.3 is 0 Å². The summed E-state index contributed by atoms with van der Waals surface area (Å²) in [6.45, 7) is 1.98. The van der Waals surface area contributed by atoms with E-state index < -0.39 is 0 Å². The van der Waals surface area contributed by atoms with E-state index in [4.69, 9.17) is 22.1 Å². The van der Waals surface area contributed by atoms with E-state index in [1.165, 1.54) is 0 Å². The number of aliphatic hydroxyl groups excluding tert-OH is 1. The highest BCUT2D eigenvalue weighted by molar-refractivity contribution is 7.80. The molecule has 1 aromatic carbocycles. The van der Waals surface area contributed by atoms with Crippen LogP contribution in [0.5, 0.6) is 0 Å². The molecule has 0 atom stereocenters. The van der Waals surface area contributed by atoms with Crippen LogP contribution in [0.2, 0.25) is 0 Å². The topological polar surface area (TPSA) is 69.1 Å². The lowest BCUT2D eigenvalue weighted by molar-refractivity contribution is 0.204. The van der Waals surface area contributed by atoms with Gasteiger partial charge in [0.15, 0.2) is 5.11 Å². The number of hydrogen-bond acceptors (Lipinski definition) is 5. The first-order valence-corrected chi connectivity index (χ1v) is 7.06. The van der Waals surface area contributed by atoms with Crippen LogP contribution in [0.1, 0.15) is 5.56 Å². The van der Waals surface area contributed by atoms with Gasteiger partial charge in [0.2, 0.25) is 0 Å². The fourth-order valence-electron chi connectivity index (χ4n) is 1.57. The van der Waals surface area contributed by atoms with E-state index in [0.717, 1.165) is 11.3 Å². The lowest BCUT2D eigenvalue weighted by Gasteiger charge is -2.17. The predicted molar refractivity (Wildman–Crippen MR) is 90.0 cm³/mol. The van der Waals surface area contributed by atoms with Crippen molar-refractivity contribution in [1.29, 1.82) is 0 Å². The molecule has 0 spiro atoms. The van der Waals surface area contributed by atoms with Gasteiger partial charge in [0.1, 0.15) is 0 Å². The summed E-state index contributed by atoms with van der Waals surface area (Å²) in [5.41, 5.74) is 4.75. The summed E-state index contributed by atoms with van der Waals surface area (Å²) >= 11 is 5.04. The smallest absolute Gasteiger partial charge is 0.187 e. The first-order valence-electron chi connectivity index (χ1n) is 6.65. The van der Waals surface area contributed by atoms with Crippen LogP contribution in [0.15, 0.2) is 29.4 Å². The van der Waals surface area contributed by atoms with Gasteiger partial charge in [0.25, 0.3) is 0 Å². The van der Waals surface area contributed by atoms with Crippen LogP contribution in [-0.4, -0.2) is 56.9 Å². The highest BCUT2D eigenvalue weighted by Crippen LogP contribution is 2.12. The third-order valence-corrected chi connectivity index (χ3v) is 2.98. The van der Waals surface area contributed by atoms with Gasteiger partial charge < -0.3 is 20.1 Å². The second-order valence-corrected chi connectivity index (χ2v) is 4.76. The van der Waals surface area contributed by atoms with Gasteiger partial charge in [-0.3, -0.25) is 5.43 Å². The number of nitrogens with one attached hydrogen (secondary N) is 2. The van der Waals surface area contributed by atoms with Crippen LogP contribution in [-0.2, 0) is 4.74 Å². The fourth-order valence-corrected chi connectivity index (χ4v) is 1.72. The summed E-state index contributed by atoms with van der Waals surface area (Å²) in [4.78, 5) is 1.98. The van der Waals surface area contributed by atoms with E-state index in [2.05, 4.69) is 15.8 Å². The molecule has 0 saturated heterocycles. The largest absolute Gasteiger partial charge is 0.395 e. The zero-order valence-corrected chi connectivity index (χ0v) is 13.2. The third kappa shape index (κ3) is 7.03. The molecule has 0 heterocycles. The van der Waals surface area contributed by atoms with Crippen molar-refractivity contribution >= 4 is 29.2 Å². The van der Waals surface area contributed by atoms with Crippen molar-refractivity contribution in [2.45, 2.75) is 0 Å². The average molecular weight is 310 g/mol. The molecule has 1 rings (SSSR count). The average Bonchev–Trinajstić information content (AvgIpc) is 2.48. The summed E-state index contributed by atoms with van der Waals surface area (Å²) in [7, 11) is 3.57. The van der Waals surface area contributed by atoms with Crippen LogP contribution >= 0.6 is 12.2 Å². The molecule has 116 valence electrons. The highest BCUT2D eigenvalue weighted by atomic mass is 32.1. The van der Waals surface area contributed by atoms with Crippen LogP contribution in [0.25, 0.3) is 0 Å². The van der Waals surface area contributed by atoms with Crippen LogP contribution < -0.4 is 15.6 Å². The first kappa shape index (κ1) is 17.4. The molecule has 0 bridgehead atoms. The van der Waals surface area contributed by atoms with E-state index >= 15 is 0 Å². The molecule has 0 radical (unpaired) electrons. The summed E-state index contributed by atoms with van der Waals surface area (Å²) < 4.78 is 4.91. The molecule has 1 aromatic rings. The zero-order valence-electron chi connectivity index (χ0n) is 12.4. The normalized spacial score (nSPS) is 10.6. The Balaban J connectivity index is 2.41. The number of likely N-dealkylation sites (N-methyl/N-ethyl adjacent to an activating group) is 1. The Hall–Kier alpha value is -1.70. The molecule has 0 aliphatic carbocycles. The molecule has 0 saturated carbocycles. The van der Waals surface area contributed by atoms with Crippen LogP contribution in [0, 0.1) is 0 Å². The lowest BCUT2D eigenvalue weighted by atomic mass is 10.2. The van der Waals surface area contributed by atoms with Crippen LogP contribution in [0.3, 0.4) is 0 Å². The summed E-state index contributed by atoms with van der Waals surface area (Å²) in [5.74, 6) is 0. The van der Waals surface area contributed by atoms with Gasteiger partial charge in [-0.15, -0.1) is 0 Å². The standard InChI is InChI=1S/C14H22N4O2S/c1-18(8-9-19)13-5-3-12(4-6-13)11-16-17-14(21)15-7-10-20-2/h3-6,11,19H,7-10H2,1-2H3,(H2,15,17,21)/b16-11-. The minimum Gasteiger partial charge on any atom is -0.395 e. The van der Waals surface area contributed by atoms with E-state index in [9.17, 15) is 0 Å². The van der Waals surface area contributed by atoms with Crippen molar-refractivity contribution in [1.82, 2.24) is 10.7 Å². The third-order valence-electron chi connectivity index (χ3n) is 2.74. The molecule has 0 aliphatic rings. The minimum atomic E-state index is 0.136. The number of aliphatic hydroxyl groups is 1. The van der Waals surface area contributed by atoms with E-state index in [1.54, 1.807) is 13.3 Å². The molecule has 21 heavy (non-hydrogen) atoms. The van der Waals surface area contributed by atoms with Crippen molar-refractivity contribution < 1.29 is 9.84 Å². The van der Waals surface area contributed by atoms with Crippen molar-refractivity contribution in [3.8, 4) is 0 Å². The molecule has 3 N–H and O–H groups in total. The summed E-state index contributed by atoms with van der Waals surface area (Å²) in [6.07, 6.45) is 1.69. The lowest BCUT2D eigenvalue weighted by Crippen LogP contribution is -2.34. The maximum atomic E-state index is 8.90. The predicted octanol–water partition coefficient (Wildman–Crippen LogP) is 0.559. The monoisotopic (exact) mass is 310 g/mol. The number of benzene rings is 1. The summed E-state index contributed by atoms with van der Waals surface area (Å²) in [6, 6.07) is 7.86. The van der Waals surface area contributed by atoms with Gasteiger partial charge in [-0.05, 0) is 29.9 Å². The Labute approximate surface area is 130 Å². The Bertz CT molecular complexity index is 451. The second kappa shape index (κ2) is 10.1. The van der Waals surface area contributed by atoms with E-state index in [-0.39, 0.29) is 6.61 Å². The minimum absolute atomic E-state index is 0.136. The second-order valence-electron chi connectivity index (χ2n) is 4.36. The number of methoxy groups -OCH3 is 1. The van der Waals surface area contributed by atoms with Gasteiger partial charge in [0, 0.05) is 32.9 Å². The molecule has 7 heteroatoms. The molecule has 0 aromatic heterocycles. The van der Waals surface area contributed by atoms with E-state index in [0.29, 0.717) is 24.8 Å². The number of ether oxygens (including phenoxy) is 1. The number of anilines is 1. The Morgan fingerprint density at radius 1 is 1.43 bits per heavy atom. The SMILES string of the molecule is COCCNC(=S)N/N=C\c1ccc(N(C)CCO)cc1. The maximum Gasteiger partial charge on any atom is 0.187 e. The number of rotatable bonds is 8. The van der Waals surface area contributed by atoms with Gasteiger partial charge in [-0.25, -0.2) is 0 Å². The number of hydrazone groups is 1. The van der Waals surface area contributed by atoms with E-state index in [1.807, 2.05) is 36.2 Å². The molecular weight excluding hydrogens is 288 g/mol. The van der Waals surface area contributed by atoms with Crippen molar-refractivity contribution in [3.63, 3.8) is 0 Å². The van der Waals surface area contributed by atoms with Crippen molar-refractivity contribution in [2.75, 3.05) is 45.4 Å². The molecule has 0 amide bonds. The quantitative estimate of drug-likeness (QED) is 0.282. The number of hydrogen-bond donors (Lipinski definition) is 3.